The summed E-state index contributed by atoms with van der Waals surface area (Å²) >= 11 is 0. The molecule has 15 heavy (non-hydrogen) atoms. The van der Waals surface area contributed by atoms with E-state index in [9.17, 15) is 9.90 Å². The summed E-state index contributed by atoms with van der Waals surface area (Å²) in [7, 11) is 0. The van der Waals surface area contributed by atoms with Crippen LogP contribution in [0.1, 0.15) is 32.6 Å². The van der Waals surface area contributed by atoms with Gasteiger partial charge in [-0.2, -0.15) is 5.06 Å². The SMILES string of the molecule is CCCCON1C(=O)N2C[C@@H]1CC[C@H]2O. The molecule has 2 bridgehead atoms. The molecule has 0 aromatic heterocycles. The Kier molecular flexibility index (Phi) is 3.11. The van der Waals surface area contributed by atoms with Crippen LogP contribution in [-0.4, -0.2) is 46.5 Å². The van der Waals surface area contributed by atoms with E-state index in [2.05, 4.69) is 6.92 Å². The van der Waals surface area contributed by atoms with E-state index >= 15 is 0 Å². The van der Waals surface area contributed by atoms with E-state index in [0.29, 0.717) is 19.6 Å². The number of amides is 2. The van der Waals surface area contributed by atoms with Crippen LogP contribution in [0.2, 0.25) is 0 Å². The van der Waals surface area contributed by atoms with Gasteiger partial charge in [0.1, 0.15) is 6.23 Å². The van der Waals surface area contributed by atoms with Crippen molar-refractivity contribution in [1.29, 1.82) is 0 Å². The van der Waals surface area contributed by atoms with Gasteiger partial charge in [0.15, 0.2) is 0 Å². The highest BCUT2D eigenvalue weighted by atomic mass is 16.7. The molecule has 0 unspecified atom stereocenters. The first-order valence-corrected chi connectivity index (χ1v) is 5.65. The summed E-state index contributed by atoms with van der Waals surface area (Å²) < 4.78 is 0. The molecular formula is C10H18N2O3. The average Bonchev–Trinajstić information content (AvgIpc) is 2.49. The van der Waals surface area contributed by atoms with Crippen LogP contribution in [-0.2, 0) is 4.84 Å². The number of aliphatic hydroxyl groups excluding tert-OH is 1. The van der Waals surface area contributed by atoms with Gasteiger partial charge in [-0.05, 0) is 19.3 Å². The van der Waals surface area contributed by atoms with Crippen molar-refractivity contribution < 1.29 is 14.7 Å². The lowest BCUT2D eigenvalue weighted by molar-refractivity contribution is -0.130. The van der Waals surface area contributed by atoms with Crippen LogP contribution >= 0.6 is 0 Å². The Labute approximate surface area is 89.6 Å². The van der Waals surface area contributed by atoms with E-state index in [4.69, 9.17) is 4.84 Å². The number of unbranched alkanes of at least 4 members (excludes halogenated alkanes) is 1. The van der Waals surface area contributed by atoms with E-state index in [1.807, 2.05) is 0 Å². The molecule has 0 aromatic rings. The summed E-state index contributed by atoms with van der Waals surface area (Å²) in [5.74, 6) is 0. The maximum Gasteiger partial charge on any atom is 0.346 e. The van der Waals surface area contributed by atoms with Gasteiger partial charge in [-0.1, -0.05) is 13.3 Å². The van der Waals surface area contributed by atoms with Crippen molar-refractivity contribution in [3.8, 4) is 0 Å². The summed E-state index contributed by atoms with van der Waals surface area (Å²) in [6.07, 6.45) is 2.88. The molecule has 2 atom stereocenters. The van der Waals surface area contributed by atoms with Gasteiger partial charge in [0.05, 0.1) is 12.6 Å². The lowest BCUT2D eigenvalue weighted by Gasteiger charge is -2.25. The molecule has 5 heteroatoms. The predicted molar refractivity (Wildman–Crippen MR) is 53.8 cm³/mol. The van der Waals surface area contributed by atoms with Crippen LogP contribution in [0.3, 0.4) is 0 Å². The molecule has 0 aliphatic carbocycles. The van der Waals surface area contributed by atoms with E-state index in [1.165, 1.54) is 9.96 Å². The topological polar surface area (TPSA) is 53.0 Å². The molecule has 0 saturated carbocycles. The number of carbonyl (C=O) groups excluding carboxylic acids is 1. The summed E-state index contributed by atoms with van der Waals surface area (Å²) in [6, 6.07) is -0.0427. The van der Waals surface area contributed by atoms with Crippen molar-refractivity contribution in [2.24, 2.45) is 0 Å². The van der Waals surface area contributed by atoms with Gasteiger partial charge in [-0.25, -0.2) is 4.79 Å². The van der Waals surface area contributed by atoms with Crippen LogP contribution in [0.4, 0.5) is 4.79 Å². The number of aliphatic hydroxyl groups is 1. The molecule has 0 radical (unpaired) electrons. The number of urea groups is 1. The quantitative estimate of drug-likeness (QED) is 0.708. The zero-order valence-electron chi connectivity index (χ0n) is 9.06. The Morgan fingerprint density at radius 1 is 1.53 bits per heavy atom. The highest BCUT2D eigenvalue weighted by Gasteiger charge is 2.44. The van der Waals surface area contributed by atoms with E-state index in [0.717, 1.165) is 19.3 Å². The van der Waals surface area contributed by atoms with E-state index < -0.39 is 6.23 Å². The number of fused-ring (bicyclic) bond motifs is 2. The third-order valence-electron chi connectivity index (χ3n) is 3.02. The smallest absolute Gasteiger partial charge is 0.346 e. The number of rotatable bonds is 4. The van der Waals surface area contributed by atoms with Crippen molar-refractivity contribution in [2.45, 2.75) is 44.9 Å². The number of piperidine rings is 1. The second-order valence-corrected chi connectivity index (χ2v) is 4.16. The molecule has 1 N–H and O–H groups in total. The summed E-state index contributed by atoms with van der Waals surface area (Å²) in [4.78, 5) is 18.7. The third-order valence-corrected chi connectivity index (χ3v) is 3.02. The van der Waals surface area contributed by atoms with E-state index in [-0.39, 0.29) is 12.1 Å². The van der Waals surface area contributed by atoms with Gasteiger partial charge < -0.3 is 5.11 Å². The highest BCUT2D eigenvalue weighted by molar-refractivity contribution is 5.76. The molecule has 2 rings (SSSR count). The van der Waals surface area contributed by atoms with Crippen molar-refractivity contribution in [3.63, 3.8) is 0 Å². The van der Waals surface area contributed by atoms with Crippen LogP contribution in [0, 0.1) is 0 Å². The lowest BCUT2D eigenvalue weighted by atomic mass is 10.1. The number of hydrogen-bond donors (Lipinski definition) is 1. The molecular weight excluding hydrogens is 196 g/mol. The van der Waals surface area contributed by atoms with Crippen LogP contribution in [0.25, 0.3) is 0 Å². The number of hydrogen-bond acceptors (Lipinski definition) is 3. The molecule has 0 aromatic carbocycles. The summed E-state index contributed by atoms with van der Waals surface area (Å²) in [6.45, 7) is 3.27. The first-order valence-electron chi connectivity index (χ1n) is 5.65. The molecule has 2 saturated heterocycles. The molecule has 2 heterocycles. The van der Waals surface area contributed by atoms with Crippen molar-refractivity contribution in [2.75, 3.05) is 13.2 Å². The second-order valence-electron chi connectivity index (χ2n) is 4.16. The van der Waals surface area contributed by atoms with Crippen LogP contribution < -0.4 is 0 Å². The first kappa shape index (κ1) is 10.7. The standard InChI is InChI=1S/C10H18N2O3/c1-2-3-6-15-12-8-4-5-9(13)11(7-8)10(12)14/h8-9,13H,2-7H2,1H3/t8-,9+/m0/s1. The van der Waals surface area contributed by atoms with Gasteiger partial charge in [0, 0.05) is 6.54 Å². The molecule has 2 aliphatic heterocycles. The zero-order chi connectivity index (χ0) is 10.8. The maximum atomic E-state index is 11.8. The van der Waals surface area contributed by atoms with Gasteiger partial charge in [0.25, 0.3) is 0 Å². The fraction of sp³-hybridized carbons (Fsp3) is 0.900. The van der Waals surface area contributed by atoms with Gasteiger partial charge in [-0.15, -0.1) is 0 Å². The maximum absolute atomic E-state index is 11.8. The van der Waals surface area contributed by atoms with E-state index in [1.54, 1.807) is 0 Å². The summed E-state index contributed by atoms with van der Waals surface area (Å²) in [5, 5.41) is 11.0. The van der Waals surface area contributed by atoms with Crippen molar-refractivity contribution in [3.05, 3.63) is 0 Å². The minimum Gasteiger partial charge on any atom is -0.373 e. The van der Waals surface area contributed by atoms with Crippen molar-refractivity contribution >= 4 is 6.03 Å². The minimum atomic E-state index is -0.617. The van der Waals surface area contributed by atoms with Crippen LogP contribution in [0.15, 0.2) is 0 Å². The normalized spacial score (nSPS) is 30.1. The highest BCUT2D eigenvalue weighted by Crippen LogP contribution is 2.28. The molecule has 2 aliphatic rings. The number of nitrogens with zero attached hydrogens (tertiary/aromatic N) is 2. The predicted octanol–water partition coefficient (Wildman–Crippen LogP) is 0.936. The fourth-order valence-electron chi connectivity index (χ4n) is 2.08. The van der Waals surface area contributed by atoms with Gasteiger partial charge in [-0.3, -0.25) is 9.74 Å². The number of hydroxylamine groups is 2. The largest absolute Gasteiger partial charge is 0.373 e. The molecule has 86 valence electrons. The third kappa shape index (κ3) is 1.94. The molecule has 2 amide bonds. The second kappa shape index (κ2) is 4.37. The van der Waals surface area contributed by atoms with Gasteiger partial charge in [0.2, 0.25) is 0 Å². The summed E-state index contributed by atoms with van der Waals surface area (Å²) in [5.41, 5.74) is 0. The Bertz CT molecular complexity index is 247. The first-order chi connectivity index (χ1) is 7.24. The zero-order valence-corrected chi connectivity index (χ0v) is 9.06. The lowest BCUT2D eigenvalue weighted by Crippen LogP contribution is -2.39. The Morgan fingerprint density at radius 3 is 3.00 bits per heavy atom. The Hall–Kier alpha value is -0.810. The Balaban J connectivity index is 1.92. The molecule has 2 fully saturated rings. The van der Waals surface area contributed by atoms with Gasteiger partial charge >= 0.3 is 6.03 Å². The van der Waals surface area contributed by atoms with Crippen LogP contribution in [0.5, 0.6) is 0 Å². The fourth-order valence-corrected chi connectivity index (χ4v) is 2.08. The number of carbonyl (C=O) groups is 1. The average molecular weight is 214 g/mol. The molecule has 5 nitrogen and oxygen atoms in total. The minimum absolute atomic E-state index is 0.137. The monoisotopic (exact) mass is 214 g/mol. The van der Waals surface area contributed by atoms with Crippen molar-refractivity contribution in [1.82, 2.24) is 9.96 Å². The Morgan fingerprint density at radius 2 is 2.33 bits per heavy atom. The molecule has 0 spiro atoms.